The van der Waals surface area contributed by atoms with Crippen LogP contribution in [0, 0.1) is 5.82 Å². The van der Waals surface area contributed by atoms with Gasteiger partial charge in [0.2, 0.25) is 0 Å². The fourth-order valence-electron chi connectivity index (χ4n) is 2.84. The first-order valence-corrected chi connectivity index (χ1v) is 7.08. The molecule has 0 aromatic heterocycles. The van der Waals surface area contributed by atoms with Crippen LogP contribution in [0.2, 0.25) is 0 Å². The first kappa shape index (κ1) is 13.1. The van der Waals surface area contributed by atoms with E-state index in [0.29, 0.717) is 0 Å². The van der Waals surface area contributed by atoms with E-state index in [4.69, 9.17) is 5.73 Å². The Morgan fingerprint density at radius 1 is 1.10 bits per heavy atom. The zero-order valence-electron chi connectivity index (χ0n) is 11.4. The summed E-state index contributed by atoms with van der Waals surface area (Å²) in [6.45, 7) is 1.78. The van der Waals surface area contributed by atoms with Crippen LogP contribution in [0.3, 0.4) is 0 Å². The van der Waals surface area contributed by atoms with Gasteiger partial charge in [0.1, 0.15) is 5.82 Å². The molecule has 1 aliphatic heterocycles. The summed E-state index contributed by atoms with van der Waals surface area (Å²) in [7, 11) is 0. The molecule has 2 nitrogen and oxygen atoms in total. The van der Waals surface area contributed by atoms with Crippen molar-refractivity contribution in [2.75, 3.05) is 11.4 Å². The molecule has 2 aromatic carbocycles. The number of para-hydroxylation sites is 1. The van der Waals surface area contributed by atoms with Crippen molar-refractivity contribution in [3.8, 4) is 0 Å². The summed E-state index contributed by atoms with van der Waals surface area (Å²) in [5.41, 5.74) is 9.79. The Hall–Kier alpha value is -1.87. The van der Waals surface area contributed by atoms with Gasteiger partial charge in [0.25, 0.3) is 0 Å². The maximum Gasteiger partial charge on any atom is 0.123 e. The summed E-state index contributed by atoms with van der Waals surface area (Å²) >= 11 is 0. The van der Waals surface area contributed by atoms with Crippen LogP contribution >= 0.6 is 0 Å². The number of anilines is 1. The lowest BCUT2D eigenvalue weighted by Gasteiger charge is -2.25. The highest BCUT2D eigenvalue weighted by Crippen LogP contribution is 2.32. The van der Waals surface area contributed by atoms with Crippen LogP contribution in [0.5, 0.6) is 0 Å². The van der Waals surface area contributed by atoms with Crippen LogP contribution in [0.25, 0.3) is 0 Å². The largest absolute Gasteiger partial charge is 0.367 e. The average Bonchev–Trinajstić information content (AvgIpc) is 2.62. The predicted molar refractivity (Wildman–Crippen MR) is 80.1 cm³/mol. The highest BCUT2D eigenvalue weighted by atomic mass is 19.1. The van der Waals surface area contributed by atoms with E-state index in [1.54, 1.807) is 0 Å². The SMILES string of the molecule is NC1CCCN(Cc2ccc(F)cc2)c2ccccc21. The summed E-state index contributed by atoms with van der Waals surface area (Å²) in [5.74, 6) is -0.188. The van der Waals surface area contributed by atoms with Gasteiger partial charge in [-0.25, -0.2) is 4.39 Å². The lowest BCUT2D eigenvalue weighted by atomic mass is 10.0. The zero-order chi connectivity index (χ0) is 13.9. The highest BCUT2D eigenvalue weighted by molar-refractivity contribution is 5.56. The molecule has 0 bridgehead atoms. The molecule has 2 aromatic rings. The fourth-order valence-corrected chi connectivity index (χ4v) is 2.84. The minimum absolute atomic E-state index is 0.115. The standard InChI is InChI=1S/C17H19FN2/c18-14-9-7-13(8-10-14)12-20-11-3-5-16(19)15-4-1-2-6-17(15)20/h1-2,4,6-10,16H,3,5,11-12,19H2. The Morgan fingerprint density at radius 2 is 1.85 bits per heavy atom. The molecule has 3 heteroatoms. The second-order valence-corrected chi connectivity index (χ2v) is 5.36. The Bertz CT molecular complexity index is 580. The van der Waals surface area contributed by atoms with Crippen molar-refractivity contribution in [2.45, 2.75) is 25.4 Å². The van der Waals surface area contributed by atoms with Crippen LogP contribution < -0.4 is 10.6 Å². The third-order valence-electron chi connectivity index (χ3n) is 3.91. The predicted octanol–water partition coefficient (Wildman–Crippen LogP) is 3.63. The Balaban J connectivity index is 1.89. The number of halogens is 1. The van der Waals surface area contributed by atoms with Gasteiger partial charge in [-0.2, -0.15) is 0 Å². The number of fused-ring (bicyclic) bond motifs is 1. The van der Waals surface area contributed by atoms with Crippen molar-refractivity contribution in [3.05, 3.63) is 65.5 Å². The number of nitrogens with zero attached hydrogens (tertiary/aromatic N) is 1. The molecule has 0 amide bonds. The zero-order valence-corrected chi connectivity index (χ0v) is 11.4. The number of hydrogen-bond donors (Lipinski definition) is 1. The van der Waals surface area contributed by atoms with Crippen LogP contribution in [0.15, 0.2) is 48.5 Å². The molecule has 2 N–H and O–H groups in total. The van der Waals surface area contributed by atoms with Gasteiger partial charge in [-0.1, -0.05) is 30.3 Å². The molecule has 0 spiro atoms. The summed E-state index contributed by atoms with van der Waals surface area (Å²) in [6.07, 6.45) is 2.09. The van der Waals surface area contributed by atoms with Gasteiger partial charge < -0.3 is 10.6 Å². The van der Waals surface area contributed by atoms with E-state index in [1.165, 1.54) is 23.4 Å². The first-order valence-electron chi connectivity index (χ1n) is 7.08. The minimum Gasteiger partial charge on any atom is -0.367 e. The van der Waals surface area contributed by atoms with E-state index in [1.807, 2.05) is 18.2 Å². The second kappa shape index (κ2) is 5.63. The topological polar surface area (TPSA) is 29.3 Å². The lowest BCUT2D eigenvalue weighted by molar-refractivity contribution is 0.622. The molecular weight excluding hydrogens is 251 g/mol. The monoisotopic (exact) mass is 270 g/mol. The summed E-state index contributed by atoms with van der Waals surface area (Å²) in [4.78, 5) is 2.34. The van der Waals surface area contributed by atoms with Gasteiger partial charge in [-0.05, 0) is 42.2 Å². The van der Waals surface area contributed by atoms with E-state index in [9.17, 15) is 4.39 Å². The Kier molecular flexibility index (Phi) is 3.70. The van der Waals surface area contributed by atoms with Crippen molar-refractivity contribution in [3.63, 3.8) is 0 Å². The third-order valence-corrected chi connectivity index (χ3v) is 3.91. The molecule has 1 unspecified atom stereocenters. The first-order chi connectivity index (χ1) is 9.74. The Morgan fingerprint density at radius 3 is 2.65 bits per heavy atom. The van der Waals surface area contributed by atoms with Crippen LogP contribution in [0.1, 0.15) is 30.0 Å². The quantitative estimate of drug-likeness (QED) is 0.903. The Labute approximate surface area is 119 Å². The molecule has 1 atom stereocenters. The molecule has 104 valence electrons. The van der Waals surface area contributed by atoms with Crippen LogP contribution in [0.4, 0.5) is 10.1 Å². The molecule has 0 saturated heterocycles. The van der Waals surface area contributed by atoms with Gasteiger partial charge in [0, 0.05) is 24.8 Å². The van der Waals surface area contributed by atoms with Gasteiger partial charge in [-0.3, -0.25) is 0 Å². The third kappa shape index (κ3) is 2.68. The van der Waals surface area contributed by atoms with Crippen LogP contribution in [-0.2, 0) is 6.54 Å². The molecule has 3 rings (SSSR count). The number of hydrogen-bond acceptors (Lipinski definition) is 2. The van der Waals surface area contributed by atoms with Crippen molar-refractivity contribution in [1.29, 1.82) is 0 Å². The van der Waals surface area contributed by atoms with E-state index in [-0.39, 0.29) is 11.9 Å². The lowest BCUT2D eigenvalue weighted by Crippen LogP contribution is -2.23. The molecule has 20 heavy (non-hydrogen) atoms. The van der Waals surface area contributed by atoms with Crippen molar-refractivity contribution in [1.82, 2.24) is 0 Å². The van der Waals surface area contributed by atoms with Crippen molar-refractivity contribution < 1.29 is 4.39 Å². The number of rotatable bonds is 2. The molecule has 0 saturated carbocycles. The van der Waals surface area contributed by atoms with Gasteiger partial charge in [-0.15, -0.1) is 0 Å². The molecule has 0 radical (unpaired) electrons. The summed E-state index contributed by atoms with van der Waals surface area (Å²) in [5, 5.41) is 0. The van der Waals surface area contributed by atoms with Gasteiger partial charge in [0.05, 0.1) is 0 Å². The van der Waals surface area contributed by atoms with Crippen molar-refractivity contribution >= 4 is 5.69 Å². The normalized spacial score (nSPS) is 18.5. The van der Waals surface area contributed by atoms with Gasteiger partial charge >= 0.3 is 0 Å². The minimum atomic E-state index is -0.188. The van der Waals surface area contributed by atoms with Gasteiger partial charge in [0.15, 0.2) is 0 Å². The molecule has 0 aliphatic carbocycles. The fraction of sp³-hybridized carbons (Fsp3) is 0.294. The maximum absolute atomic E-state index is 13.0. The average molecular weight is 270 g/mol. The number of benzene rings is 2. The molecule has 1 aliphatic rings. The maximum atomic E-state index is 13.0. The second-order valence-electron chi connectivity index (χ2n) is 5.36. The van der Waals surface area contributed by atoms with E-state index in [0.717, 1.165) is 31.5 Å². The molecular formula is C17H19FN2. The summed E-state index contributed by atoms with van der Waals surface area (Å²) in [6, 6.07) is 15.2. The van der Waals surface area contributed by atoms with E-state index in [2.05, 4.69) is 23.1 Å². The van der Waals surface area contributed by atoms with Crippen molar-refractivity contribution in [2.24, 2.45) is 5.73 Å². The molecule has 0 fully saturated rings. The van der Waals surface area contributed by atoms with Crippen LogP contribution in [-0.4, -0.2) is 6.54 Å². The highest BCUT2D eigenvalue weighted by Gasteiger charge is 2.19. The molecule has 1 heterocycles. The van der Waals surface area contributed by atoms with E-state index >= 15 is 0 Å². The summed E-state index contributed by atoms with van der Waals surface area (Å²) < 4.78 is 13.0. The number of nitrogens with two attached hydrogens (primary N) is 1. The smallest absolute Gasteiger partial charge is 0.123 e. The van der Waals surface area contributed by atoms with E-state index < -0.39 is 0 Å².